The first-order valence-electron chi connectivity index (χ1n) is 16.4. The molecule has 13 heteroatoms. The monoisotopic (exact) mass is 729 g/mol. The maximum Gasteiger partial charge on any atom is 0.407 e. The Bertz CT molecular complexity index is 1440. The molecule has 4 rings (SSSR count). The summed E-state index contributed by atoms with van der Waals surface area (Å²) in [6.45, 7) is 12.3. The van der Waals surface area contributed by atoms with Crippen molar-refractivity contribution >= 4 is 45.6 Å². The van der Waals surface area contributed by atoms with E-state index in [4.69, 9.17) is 9.47 Å². The van der Waals surface area contributed by atoms with Crippen molar-refractivity contribution in [1.29, 1.82) is 0 Å². The Labute approximate surface area is 291 Å². The van der Waals surface area contributed by atoms with Crippen LogP contribution in [0.3, 0.4) is 0 Å². The van der Waals surface area contributed by atoms with Gasteiger partial charge in [0, 0.05) is 75.1 Å². The quantitative estimate of drug-likeness (QED) is 0.341. The van der Waals surface area contributed by atoms with E-state index in [0.717, 1.165) is 35.1 Å². The Hall–Kier alpha value is -4.00. The van der Waals surface area contributed by atoms with Gasteiger partial charge in [-0.05, 0) is 77.3 Å². The summed E-state index contributed by atoms with van der Waals surface area (Å²) in [4.78, 5) is 57.8. The molecule has 12 nitrogen and oxygen atoms in total. The van der Waals surface area contributed by atoms with Crippen molar-refractivity contribution in [3.05, 3.63) is 58.6 Å². The number of rotatable bonds is 10. The number of nitrogens with zero attached hydrogens (tertiary/aromatic N) is 4. The van der Waals surface area contributed by atoms with Gasteiger partial charge < -0.3 is 39.5 Å². The van der Waals surface area contributed by atoms with Gasteiger partial charge in [-0.15, -0.1) is 0 Å². The van der Waals surface area contributed by atoms with Crippen LogP contribution in [0.15, 0.2) is 53.0 Å². The molecule has 0 radical (unpaired) electrons. The minimum Gasteiger partial charge on any atom is -0.478 e. The van der Waals surface area contributed by atoms with E-state index in [1.54, 1.807) is 44.4 Å². The molecule has 2 aromatic rings. The van der Waals surface area contributed by atoms with Gasteiger partial charge in [-0.1, -0.05) is 34.1 Å². The second-order valence-electron chi connectivity index (χ2n) is 13.8. The molecule has 0 aromatic heterocycles. The van der Waals surface area contributed by atoms with Gasteiger partial charge in [0.15, 0.2) is 5.60 Å². The second-order valence-corrected chi connectivity index (χ2v) is 14.7. The Morgan fingerprint density at radius 2 is 1.62 bits per heavy atom. The molecule has 2 N–H and O–H groups in total. The van der Waals surface area contributed by atoms with Crippen molar-refractivity contribution in [2.75, 3.05) is 57.3 Å². The number of piperidine rings is 1. The number of halogens is 1. The molecule has 0 bridgehead atoms. The first-order chi connectivity index (χ1) is 22.6. The van der Waals surface area contributed by atoms with E-state index in [1.165, 1.54) is 4.90 Å². The molecule has 0 unspecified atom stereocenters. The van der Waals surface area contributed by atoms with E-state index < -0.39 is 23.4 Å². The lowest BCUT2D eigenvalue weighted by Gasteiger charge is -2.38. The minimum atomic E-state index is -1.16. The number of hydrogen-bond acceptors (Lipinski definition) is 7. The van der Waals surface area contributed by atoms with Crippen LogP contribution in [0.4, 0.5) is 15.3 Å². The fourth-order valence-corrected chi connectivity index (χ4v) is 6.18. The van der Waals surface area contributed by atoms with Crippen LogP contribution in [0.5, 0.6) is 5.75 Å². The third kappa shape index (κ3) is 10.5. The number of hydrogen-bond donors (Lipinski definition) is 2. The number of piperazine rings is 1. The highest BCUT2D eigenvalue weighted by molar-refractivity contribution is 9.10. The summed E-state index contributed by atoms with van der Waals surface area (Å²) < 4.78 is 12.6. The molecule has 2 saturated heterocycles. The van der Waals surface area contributed by atoms with E-state index >= 15 is 0 Å². The van der Waals surface area contributed by atoms with Gasteiger partial charge in [-0.3, -0.25) is 9.59 Å². The summed E-state index contributed by atoms with van der Waals surface area (Å²) in [6.07, 6.45) is 0.0768. The van der Waals surface area contributed by atoms with Gasteiger partial charge in [-0.2, -0.15) is 0 Å². The number of nitrogens with one attached hydrogen (secondary N) is 1. The second kappa shape index (κ2) is 15.9. The number of benzene rings is 2. The van der Waals surface area contributed by atoms with Crippen molar-refractivity contribution < 1.29 is 33.8 Å². The van der Waals surface area contributed by atoms with Crippen molar-refractivity contribution in [2.45, 2.75) is 65.2 Å². The van der Waals surface area contributed by atoms with Crippen molar-refractivity contribution in [2.24, 2.45) is 5.92 Å². The van der Waals surface area contributed by atoms with Gasteiger partial charge in [0.2, 0.25) is 5.91 Å². The number of carbonyl (C=O) groups is 4. The molecule has 1 atom stereocenters. The van der Waals surface area contributed by atoms with E-state index in [1.807, 2.05) is 48.5 Å². The van der Waals surface area contributed by atoms with Crippen LogP contribution in [-0.4, -0.2) is 107 Å². The normalized spacial score (nSPS) is 17.0. The minimum absolute atomic E-state index is 0.0238. The number of anilines is 1. The average molecular weight is 731 g/mol. The lowest BCUT2D eigenvalue weighted by Crippen LogP contribution is -2.56. The average Bonchev–Trinajstić information content (AvgIpc) is 3.03. The van der Waals surface area contributed by atoms with Crippen LogP contribution >= 0.6 is 15.9 Å². The molecule has 4 amide bonds. The lowest BCUT2D eigenvalue weighted by molar-refractivity contribution is -0.147. The summed E-state index contributed by atoms with van der Waals surface area (Å²) in [5, 5.41) is 12.0. The number of carboxylic acid groups (broad SMARTS) is 1. The van der Waals surface area contributed by atoms with Gasteiger partial charge in [0.1, 0.15) is 11.4 Å². The zero-order chi connectivity index (χ0) is 35.1. The zero-order valence-electron chi connectivity index (χ0n) is 28.5. The predicted molar refractivity (Wildman–Crippen MR) is 186 cm³/mol. The number of alkyl carbamates (subject to hydrolysis) is 1. The predicted octanol–water partition coefficient (Wildman–Crippen LogP) is 5.20. The molecule has 0 spiro atoms. The van der Waals surface area contributed by atoms with E-state index in [2.05, 4.69) is 26.1 Å². The van der Waals surface area contributed by atoms with Crippen molar-refractivity contribution in [1.82, 2.24) is 20.0 Å². The maximum atomic E-state index is 14.0. The van der Waals surface area contributed by atoms with Crippen LogP contribution in [-0.2, 0) is 20.9 Å². The fraction of sp³-hybridized carbons (Fsp3) is 0.543. The third-order valence-electron chi connectivity index (χ3n) is 8.33. The summed E-state index contributed by atoms with van der Waals surface area (Å²) in [6, 6.07) is 15.4. The largest absolute Gasteiger partial charge is 0.478 e. The van der Waals surface area contributed by atoms with Gasteiger partial charge >= 0.3 is 12.2 Å². The van der Waals surface area contributed by atoms with Crippen LogP contribution in [0.2, 0.25) is 0 Å². The Morgan fingerprint density at radius 3 is 2.27 bits per heavy atom. The van der Waals surface area contributed by atoms with Crippen LogP contribution in [0, 0.1) is 5.92 Å². The van der Waals surface area contributed by atoms with Crippen LogP contribution < -0.4 is 15.0 Å². The molecule has 0 aliphatic carbocycles. The summed E-state index contributed by atoms with van der Waals surface area (Å²) in [7, 11) is 0. The number of carbonyl (C=O) groups excluding carboxylic acids is 3. The third-order valence-corrected chi connectivity index (χ3v) is 8.86. The molecule has 2 fully saturated rings. The van der Waals surface area contributed by atoms with E-state index in [0.29, 0.717) is 38.5 Å². The molecule has 2 aliphatic rings. The van der Waals surface area contributed by atoms with Crippen molar-refractivity contribution in [3.63, 3.8) is 0 Å². The summed E-state index contributed by atoms with van der Waals surface area (Å²) in [5.41, 5.74) is 0.109. The first kappa shape index (κ1) is 36.8. The topological polar surface area (TPSA) is 132 Å². The van der Waals surface area contributed by atoms with Crippen molar-refractivity contribution in [3.8, 4) is 5.75 Å². The van der Waals surface area contributed by atoms with E-state index in [9.17, 15) is 24.3 Å². The Kier molecular flexibility index (Phi) is 12.2. The maximum absolute atomic E-state index is 14.0. The number of ether oxygens (including phenoxy) is 2. The molecular weight excluding hydrogens is 682 g/mol. The highest BCUT2D eigenvalue weighted by Gasteiger charge is 2.37. The van der Waals surface area contributed by atoms with Gasteiger partial charge in [0.05, 0.1) is 5.92 Å². The number of amides is 4. The molecule has 2 aliphatic heterocycles. The van der Waals surface area contributed by atoms with E-state index in [-0.39, 0.29) is 37.4 Å². The molecule has 2 aromatic carbocycles. The lowest BCUT2D eigenvalue weighted by atomic mass is 9.95. The van der Waals surface area contributed by atoms with Crippen LogP contribution in [0.1, 0.15) is 53.0 Å². The molecule has 48 heavy (non-hydrogen) atoms. The smallest absolute Gasteiger partial charge is 0.407 e. The Balaban J connectivity index is 1.41. The molecule has 0 saturated carbocycles. The van der Waals surface area contributed by atoms with Gasteiger partial charge in [0.25, 0.3) is 5.91 Å². The standard InChI is InChI=1S/C35H48BrN5O7/c1-34(2,3)48-32(44)37-15-17-41(23-25-11-13-27(36)14-12-25)30(42)26-8-7-16-40(24-26)28-9-6-10-29(22-28)47-35(4,5)31(43)38-18-20-39(21-19-38)33(45)46/h6,9-14,22,26H,7-8,15-21,23-24H2,1-5H3,(H,37,44)(H,45,46)/t26-/m1/s1. The first-order valence-corrected chi connectivity index (χ1v) is 17.2. The zero-order valence-corrected chi connectivity index (χ0v) is 30.1. The summed E-state index contributed by atoms with van der Waals surface area (Å²) in [5.74, 6) is 0.112. The highest BCUT2D eigenvalue weighted by atomic mass is 79.9. The van der Waals surface area contributed by atoms with Crippen LogP contribution in [0.25, 0.3) is 0 Å². The molecule has 2 heterocycles. The van der Waals surface area contributed by atoms with Gasteiger partial charge in [-0.25, -0.2) is 9.59 Å². The fourth-order valence-electron chi connectivity index (χ4n) is 5.92. The highest BCUT2D eigenvalue weighted by Crippen LogP contribution is 2.30. The molecule has 262 valence electrons. The molecular formula is C35H48BrN5O7. The SMILES string of the molecule is CC(C)(C)OC(=O)NCCN(Cc1ccc(Br)cc1)C(=O)[C@@H]1CCCN(c2cccc(OC(C)(C)C(=O)N3CCN(C(=O)O)CC3)c2)C1. The Morgan fingerprint density at radius 1 is 0.958 bits per heavy atom. The summed E-state index contributed by atoms with van der Waals surface area (Å²) >= 11 is 3.47.